The predicted molar refractivity (Wildman–Crippen MR) is 132 cm³/mol. The van der Waals surface area contributed by atoms with Crippen molar-refractivity contribution >= 4 is 34.7 Å². The molecule has 2 aliphatic rings. The van der Waals surface area contributed by atoms with Crippen LogP contribution in [0.3, 0.4) is 0 Å². The van der Waals surface area contributed by atoms with Gasteiger partial charge in [0.05, 0.1) is 12.7 Å². The second-order valence-corrected chi connectivity index (χ2v) is 9.05. The molecule has 2 amide bonds. The number of imidazole rings is 1. The van der Waals surface area contributed by atoms with Gasteiger partial charge in [-0.15, -0.1) is 0 Å². The smallest absolute Gasteiger partial charge is 0.270 e. The Hall–Kier alpha value is -3.86. The Morgan fingerprint density at radius 3 is 2.78 bits per heavy atom. The third kappa shape index (κ3) is 4.92. The maximum atomic E-state index is 12.7. The van der Waals surface area contributed by atoms with Crippen molar-refractivity contribution in [3.63, 3.8) is 0 Å². The number of pyridine rings is 2. The molecule has 0 saturated carbocycles. The standard InChI is InChI=1S/C25H27F2N7O2/c1-33-10-7-15(8-11-33)24(35)32-21-4-3-18-17(6-9-28-23(18)31-21)16-2-5-22-29-12-19(34(22)14-16)25(36)30-13-20(26)27/h2-6,12,14-15,20H,7-11,13H2,1H3,(H,30,36)(H2,28,31,32,35). The van der Waals surface area contributed by atoms with Gasteiger partial charge in [-0.25, -0.2) is 18.7 Å². The maximum absolute atomic E-state index is 12.7. The number of anilines is 2. The second-order valence-electron chi connectivity index (χ2n) is 9.05. The van der Waals surface area contributed by atoms with E-state index in [2.05, 4.69) is 37.9 Å². The molecule has 11 heteroatoms. The molecule has 36 heavy (non-hydrogen) atoms. The summed E-state index contributed by atoms with van der Waals surface area (Å²) in [5, 5.41) is 8.42. The lowest BCUT2D eigenvalue weighted by atomic mass is 9.96. The van der Waals surface area contributed by atoms with Crippen molar-refractivity contribution in [1.82, 2.24) is 24.6 Å². The SMILES string of the molecule is CN1CCC(C(=O)Nc2ccc3c(n2)NCC=C3c2ccc3ncc(C(=O)NCC(F)F)n3c2)CC1. The lowest BCUT2D eigenvalue weighted by Crippen LogP contribution is -2.36. The van der Waals surface area contributed by atoms with Gasteiger partial charge in [-0.1, -0.05) is 6.08 Å². The van der Waals surface area contributed by atoms with Gasteiger partial charge < -0.3 is 20.9 Å². The molecule has 0 atom stereocenters. The lowest BCUT2D eigenvalue weighted by Gasteiger charge is -2.28. The summed E-state index contributed by atoms with van der Waals surface area (Å²) in [6.45, 7) is 1.62. The molecule has 0 aromatic carbocycles. The first kappa shape index (κ1) is 23.9. The summed E-state index contributed by atoms with van der Waals surface area (Å²) in [5.41, 5.74) is 3.27. The second kappa shape index (κ2) is 10.0. The highest BCUT2D eigenvalue weighted by Crippen LogP contribution is 2.33. The molecule has 0 radical (unpaired) electrons. The van der Waals surface area contributed by atoms with Crippen molar-refractivity contribution in [2.24, 2.45) is 5.92 Å². The van der Waals surface area contributed by atoms with Crippen molar-refractivity contribution in [2.45, 2.75) is 19.3 Å². The topological polar surface area (TPSA) is 104 Å². The average Bonchev–Trinajstić information content (AvgIpc) is 3.30. The van der Waals surface area contributed by atoms with Gasteiger partial charge in [-0.2, -0.15) is 0 Å². The van der Waals surface area contributed by atoms with Crippen molar-refractivity contribution in [3.8, 4) is 0 Å². The van der Waals surface area contributed by atoms with Crippen LogP contribution in [0.2, 0.25) is 0 Å². The van der Waals surface area contributed by atoms with E-state index in [0.717, 1.165) is 42.6 Å². The molecule has 9 nitrogen and oxygen atoms in total. The molecule has 5 rings (SSSR count). The fourth-order valence-electron chi connectivity index (χ4n) is 4.58. The number of likely N-dealkylation sites (tertiary alicyclic amines) is 1. The highest BCUT2D eigenvalue weighted by atomic mass is 19.3. The van der Waals surface area contributed by atoms with E-state index in [4.69, 9.17) is 0 Å². The van der Waals surface area contributed by atoms with E-state index in [0.29, 0.717) is 23.8 Å². The van der Waals surface area contributed by atoms with E-state index in [1.807, 2.05) is 18.2 Å². The van der Waals surface area contributed by atoms with Crippen LogP contribution in [0, 0.1) is 5.92 Å². The molecule has 0 aliphatic carbocycles. The van der Waals surface area contributed by atoms with Crippen LogP contribution in [0.25, 0.3) is 11.2 Å². The summed E-state index contributed by atoms with van der Waals surface area (Å²) in [5.74, 6) is 0.497. The van der Waals surface area contributed by atoms with Crippen LogP contribution >= 0.6 is 0 Å². The van der Waals surface area contributed by atoms with E-state index in [-0.39, 0.29) is 17.5 Å². The van der Waals surface area contributed by atoms with Gasteiger partial charge in [0.2, 0.25) is 5.91 Å². The van der Waals surface area contributed by atoms with Gasteiger partial charge >= 0.3 is 0 Å². The van der Waals surface area contributed by atoms with Crippen molar-refractivity contribution in [2.75, 3.05) is 43.9 Å². The number of nitrogens with zero attached hydrogens (tertiary/aromatic N) is 4. The zero-order valence-electron chi connectivity index (χ0n) is 19.8. The number of piperidine rings is 1. The number of hydrogen-bond donors (Lipinski definition) is 3. The predicted octanol–water partition coefficient (Wildman–Crippen LogP) is 2.86. The van der Waals surface area contributed by atoms with Crippen LogP contribution in [-0.4, -0.2) is 70.7 Å². The number of nitrogens with one attached hydrogen (secondary N) is 3. The summed E-state index contributed by atoms with van der Waals surface area (Å²) in [7, 11) is 2.06. The maximum Gasteiger partial charge on any atom is 0.270 e. The normalized spacial score (nSPS) is 16.4. The fourth-order valence-corrected chi connectivity index (χ4v) is 4.58. The number of amides is 2. The highest BCUT2D eigenvalue weighted by Gasteiger charge is 2.24. The number of alkyl halides is 2. The highest BCUT2D eigenvalue weighted by molar-refractivity contribution is 5.94. The third-order valence-corrected chi connectivity index (χ3v) is 6.57. The van der Waals surface area contributed by atoms with E-state index >= 15 is 0 Å². The Bertz CT molecular complexity index is 1330. The molecule has 3 N–H and O–H groups in total. The van der Waals surface area contributed by atoms with Gasteiger partial charge in [-0.3, -0.25) is 14.0 Å². The van der Waals surface area contributed by atoms with Crippen LogP contribution < -0.4 is 16.0 Å². The molecule has 3 aromatic heterocycles. The number of halogens is 2. The monoisotopic (exact) mass is 495 g/mol. The van der Waals surface area contributed by atoms with Crippen LogP contribution in [0.4, 0.5) is 20.4 Å². The first-order valence-electron chi connectivity index (χ1n) is 11.9. The van der Waals surface area contributed by atoms with Gasteiger partial charge in [0.15, 0.2) is 0 Å². The van der Waals surface area contributed by atoms with Crippen molar-refractivity contribution in [1.29, 1.82) is 0 Å². The average molecular weight is 496 g/mol. The van der Waals surface area contributed by atoms with Crippen LogP contribution in [-0.2, 0) is 4.79 Å². The van der Waals surface area contributed by atoms with E-state index < -0.39 is 18.9 Å². The summed E-state index contributed by atoms with van der Waals surface area (Å²) < 4.78 is 26.6. The van der Waals surface area contributed by atoms with Crippen LogP contribution in [0.15, 0.2) is 42.7 Å². The minimum atomic E-state index is -2.63. The number of aromatic nitrogens is 3. The number of carbonyl (C=O) groups is 2. The zero-order valence-corrected chi connectivity index (χ0v) is 19.8. The Labute approximate surface area is 206 Å². The first-order valence-corrected chi connectivity index (χ1v) is 11.9. The summed E-state index contributed by atoms with van der Waals surface area (Å²) in [6, 6.07) is 7.34. The molecule has 0 unspecified atom stereocenters. The quantitative estimate of drug-likeness (QED) is 0.486. The number of carbonyl (C=O) groups excluding carboxylic acids is 2. The molecule has 3 aromatic rings. The Morgan fingerprint density at radius 1 is 1.19 bits per heavy atom. The van der Waals surface area contributed by atoms with Gasteiger partial charge in [0.1, 0.15) is 23.0 Å². The Kier molecular flexibility index (Phi) is 6.64. The van der Waals surface area contributed by atoms with Crippen molar-refractivity contribution in [3.05, 3.63) is 59.6 Å². The molecule has 5 heterocycles. The fraction of sp³-hybridized carbons (Fsp3) is 0.360. The summed E-state index contributed by atoms with van der Waals surface area (Å²) >= 11 is 0. The van der Waals surface area contributed by atoms with Crippen LogP contribution in [0.1, 0.15) is 34.5 Å². The molecule has 1 saturated heterocycles. The lowest BCUT2D eigenvalue weighted by molar-refractivity contribution is -0.121. The Morgan fingerprint density at radius 2 is 2.00 bits per heavy atom. The molecule has 2 aliphatic heterocycles. The van der Waals surface area contributed by atoms with E-state index in [1.165, 1.54) is 6.20 Å². The van der Waals surface area contributed by atoms with E-state index in [1.54, 1.807) is 22.7 Å². The van der Waals surface area contributed by atoms with E-state index in [9.17, 15) is 18.4 Å². The molecule has 1 fully saturated rings. The van der Waals surface area contributed by atoms with Gasteiger partial charge in [0.25, 0.3) is 12.3 Å². The largest absolute Gasteiger partial charge is 0.366 e. The minimum Gasteiger partial charge on any atom is -0.366 e. The molecular weight excluding hydrogens is 468 g/mol. The van der Waals surface area contributed by atoms with Crippen LogP contribution in [0.5, 0.6) is 0 Å². The Balaban J connectivity index is 1.37. The molecule has 0 bridgehead atoms. The molecular formula is C25H27F2N7O2. The molecule has 0 spiro atoms. The zero-order chi connectivity index (χ0) is 25.2. The van der Waals surface area contributed by atoms with Gasteiger partial charge in [0, 0.05) is 24.2 Å². The summed E-state index contributed by atoms with van der Waals surface area (Å²) in [6.07, 6.45) is 4.16. The third-order valence-electron chi connectivity index (χ3n) is 6.57. The number of hydrogen-bond acceptors (Lipinski definition) is 6. The number of rotatable bonds is 6. The van der Waals surface area contributed by atoms with Crippen molar-refractivity contribution < 1.29 is 18.4 Å². The number of fused-ring (bicyclic) bond motifs is 2. The minimum absolute atomic E-state index is 0.00895. The van der Waals surface area contributed by atoms with Gasteiger partial charge in [-0.05, 0) is 68.4 Å². The first-order chi connectivity index (χ1) is 17.4. The molecule has 188 valence electrons. The summed E-state index contributed by atoms with van der Waals surface area (Å²) in [4.78, 5) is 36.2.